The fourth-order valence-electron chi connectivity index (χ4n) is 5.19. The number of aliphatic hydroxyl groups is 1. The van der Waals surface area contributed by atoms with E-state index >= 15 is 0 Å². The lowest BCUT2D eigenvalue weighted by Crippen LogP contribution is -2.47. The first-order valence-corrected chi connectivity index (χ1v) is 20.5. The molecular weight excluding hydrogens is 817 g/mol. The number of hydrogen-bond donors (Lipinski definition) is 14. The Morgan fingerprint density at radius 2 is 0.845 bits per heavy atom. The van der Waals surface area contributed by atoms with E-state index in [2.05, 4.69) is 31.9 Å². The lowest BCUT2D eigenvalue weighted by molar-refractivity contribution is -0.164. The first kappa shape index (κ1) is 48.8. The summed E-state index contributed by atoms with van der Waals surface area (Å²) in [7, 11) is -10.0. The highest BCUT2D eigenvalue weighted by molar-refractivity contribution is 7.86. The molecule has 2 rings (SSSR count). The van der Waals surface area contributed by atoms with Gasteiger partial charge in [0.25, 0.3) is 32.1 Å². The van der Waals surface area contributed by atoms with Crippen molar-refractivity contribution in [2.24, 2.45) is 0 Å². The van der Waals surface area contributed by atoms with Gasteiger partial charge in [0.2, 0.25) is 11.8 Å². The lowest BCUT2D eigenvalue weighted by Gasteiger charge is -2.22. The van der Waals surface area contributed by atoms with E-state index in [1.807, 2.05) is 0 Å². The summed E-state index contributed by atoms with van der Waals surface area (Å²) in [6.45, 7) is 2.06. The Morgan fingerprint density at radius 1 is 0.517 bits per heavy atom. The van der Waals surface area contributed by atoms with Gasteiger partial charge in [0.05, 0.1) is 24.0 Å². The summed E-state index contributed by atoms with van der Waals surface area (Å²) in [5.41, 5.74) is -3.79. The normalized spacial score (nSPS) is 12.6. The van der Waals surface area contributed by atoms with E-state index < -0.39 is 112 Å². The van der Waals surface area contributed by atoms with Crippen LogP contribution in [0.15, 0.2) is 34.1 Å². The Morgan fingerprint density at radius 3 is 1.21 bits per heavy atom. The number of carbonyl (C=O) groups is 5. The summed E-state index contributed by atoms with van der Waals surface area (Å²) in [6.07, 6.45) is 0.428. The molecule has 0 radical (unpaired) electrons. The van der Waals surface area contributed by atoms with E-state index in [9.17, 15) is 80.6 Å². The fraction of sp³-hybridized carbons (Fsp3) is 0.485. The van der Waals surface area contributed by atoms with Crippen LogP contribution in [0, 0.1) is 0 Å². The zero-order valence-corrected chi connectivity index (χ0v) is 32.6. The average molecular weight is 865 g/mol. The van der Waals surface area contributed by atoms with Crippen LogP contribution in [-0.2, 0) is 34.6 Å². The number of hydrogen-bond acceptors (Lipinski definition) is 16. The van der Waals surface area contributed by atoms with Crippen molar-refractivity contribution >= 4 is 49.8 Å². The first-order valence-electron chi connectivity index (χ1n) is 17.6. The summed E-state index contributed by atoms with van der Waals surface area (Å²) in [6, 6.07) is 3.64. The van der Waals surface area contributed by atoms with E-state index in [4.69, 9.17) is 0 Å². The molecule has 0 fully saturated rings. The fourth-order valence-corrected chi connectivity index (χ4v) is 6.76. The lowest BCUT2D eigenvalue weighted by atomic mass is 9.94. The number of rotatable bonds is 26. The molecule has 0 aliphatic rings. The van der Waals surface area contributed by atoms with Gasteiger partial charge >= 0.3 is 5.97 Å². The maximum atomic E-state index is 12.4. The largest absolute Gasteiger partial charge is 0.504 e. The van der Waals surface area contributed by atoms with Crippen molar-refractivity contribution < 1.29 is 80.6 Å². The summed E-state index contributed by atoms with van der Waals surface area (Å²) < 4.78 is 64.8. The van der Waals surface area contributed by atoms with Gasteiger partial charge in [-0.25, -0.2) is 4.79 Å². The molecule has 0 spiro atoms. The first-order chi connectivity index (χ1) is 27.1. The molecule has 58 heavy (non-hydrogen) atoms. The number of aromatic hydroxyl groups is 4. The van der Waals surface area contributed by atoms with Gasteiger partial charge in [-0.2, -0.15) is 16.8 Å². The smallest absolute Gasteiger partial charge is 0.336 e. The second-order valence-electron chi connectivity index (χ2n) is 12.7. The minimum Gasteiger partial charge on any atom is -0.504 e. The minimum atomic E-state index is -5.03. The number of aliphatic carboxylic acids is 1. The number of phenols is 4. The number of carbonyl (C=O) groups excluding carboxylic acids is 4. The molecular formula is C33H48N6O17S2. The van der Waals surface area contributed by atoms with Crippen LogP contribution in [-0.4, -0.2) is 144 Å². The molecule has 0 bridgehead atoms. The van der Waals surface area contributed by atoms with Crippen LogP contribution >= 0.6 is 0 Å². The molecule has 0 aromatic heterocycles. The SMILES string of the molecule is O=C(C[C@](O)(CC(=O)NCCCNCCCNC(=O)c1ccc(O)c(O)c1S(=O)(=O)O)C(=O)O)NCCCCNCCCNC(=O)c1ccc(O)c(O)c1S(=O)(=O)O. The molecule has 0 heterocycles. The molecule has 0 saturated heterocycles. The van der Waals surface area contributed by atoms with E-state index in [1.165, 1.54) is 0 Å². The van der Waals surface area contributed by atoms with Gasteiger partial charge < -0.3 is 62.5 Å². The van der Waals surface area contributed by atoms with Gasteiger partial charge in [-0.1, -0.05) is 0 Å². The molecule has 0 unspecified atom stereocenters. The van der Waals surface area contributed by atoms with Crippen LogP contribution in [0.2, 0.25) is 0 Å². The highest BCUT2D eigenvalue weighted by Crippen LogP contribution is 2.36. The Bertz CT molecular complexity index is 2010. The Labute approximate surface area is 332 Å². The molecule has 2 aromatic rings. The second-order valence-corrected chi connectivity index (χ2v) is 15.5. The number of benzene rings is 2. The Hall–Kier alpha value is -5.31. The van der Waals surface area contributed by atoms with Crippen LogP contribution in [0.4, 0.5) is 0 Å². The molecule has 1 atom stereocenters. The zero-order chi connectivity index (χ0) is 43.7. The van der Waals surface area contributed by atoms with Crippen molar-refractivity contribution in [2.75, 3.05) is 52.4 Å². The highest BCUT2D eigenvalue weighted by atomic mass is 32.2. The molecule has 4 amide bonds. The minimum absolute atomic E-state index is 0.0614. The molecule has 0 saturated carbocycles. The van der Waals surface area contributed by atoms with Gasteiger partial charge in [0, 0.05) is 26.2 Å². The Kier molecular flexibility index (Phi) is 19.0. The predicted octanol–water partition coefficient (Wildman–Crippen LogP) is -1.88. The number of carboxylic acids is 1. The molecule has 0 aliphatic heterocycles. The van der Waals surface area contributed by atoms with E-state index in [0.717, 1.165) is 24.3 Å². The number of carboxylic acid groups (broad SMARTS) is 1. The van der Waals surface area contributed by atoms with Gasteiger partial charge in [0.1, 0.15) is 0 Å². The zero-order valence-electron chi connectivity index (χ0n) is 31.0. The van der Waals surface area contributed by atoms with Crippen molar-refractivity contribution in [1.82, 2.24) is 31.9 Å². The average Bonchev–Trinajstić information content (AvgIpc) is 3.12. The van der Waals surface area contributed by atoms with Crippen molar-refractivity contribution in [1.29, 1.82) is 0 Å². The molecule has 324 valence electrons. The topological polar surface area (TPSA) is 388 Å². The second kappa shape index (κ2) is 22.6. The molecule has 14 N–H and O–H groups in total. The maximum Gasteiger partial charge on any atom is 0.336 e. The third-order valence-corrected chi connectivity index (χ3v) is 9.97. The van der Waals surface area contributed by atoms with Crippen LogP contribution in [0.25, 0.3) is 0 Å². The van der Waals surface area contributed by atoms with Crippen molar-refractivity contribution in [2.45, 2.75) is 60.3 Å². The van der Waals surface area contributed by atoms with Crippen molar-refractivity contribution in [3.63, 3.8) is 0 Å². The van der Waals surface area contributed by atoms with Gasteiger partial charge in [-0.15, -0.1) is 0 Å². The van der Waals surface area contributed by atoms with Crippen LogP contribution in [0.5, 0.6) is 23.0 Å². The molecule has 0 aliphatic carbocycles. The van der Waals surface area contributed by atoms with E-state index in [1.54, 1.807) is 0 Å². The standard InChI is InChI=1S/C33H48N6O17S2/c40-22-8-6-20(28(26(22)44)57(51,52)53)30(46)38-16-4-12-34-10-1-2-14-36-24(42)18-33(50,32(48)49)19-25(43)37-15-3-11-35-13-5-17-39-31(47)21-7-9-23(41)27(45)29(21)58(54,55)56/h6-9,34-35,40-41,44-45,50H,1-5,10-19H2,(H,36,42)(H,37,43)(H,38,46)(H,39,47)(H,48,49)(H,51,52,53)(H,54,55,56)/t33-/m0/s1. The third-order valence-electron chi connectivity index (χ3n) is 8.12. The quantitative estimate of drug-likeness (QED) is 0.0279. The van der Waals surface area contributed by atoms with E-state index in [0.29, 0.717) is 58.3 Å². The summed E-state index contributed by atoms with van der Waals surface area (Å²) >= 11 is 0. The number of phenolic OH excluding ortho intramolecular Hbond substituents is 4. The Balaban J connectivity index is 1.57. The highest BCUT2D eigenvalue weighted by Gasteiger charge is 2.40. The van der Waals surface area contributed by atoms with Gasteiger partial charge in [0.15, 0.2) is 38.4 Å². The van der Waals surface area contributed by atoms with Crippen molar-refractivity contribution in [3.05, 3.63) is 35.4 Å². The molecule has 2 aromatic carbocycles. The number of nitrogens with one attached hydrogen (secondary N) is 6. The van der Waals surface area contributed by atoms with E-state index in [-0.39, 0.29) is 26.2 Å². The number of unbranched alkanes of at least 4 members (excludes halogenated alkanes) is 1. The van der Waals surface area contributed by atoms with Crippen molar-refractivity contribution in [3.8, 4) is 23.0 Å². The molecule has 23 nitrogen and oxygen atoms in total. The number of amides is 4. The van der Waals surface area contributed by atoms with Crippen LogP contribution < -0.4 is 31.9 Å². The molecule has 25 heteroatoms. The summed E-state index contributed by atoms with van der Waals surface area (Å²) in [5.74, 6) is -9.19. The summed E-state index contributed by atoms with van der Waals surface area (Å²) in [5, 5.41) is 74.4. The van der Waals surface area contributed by atoms with Crippen LogP contribution in [0.1, 0.15) is 65.7 Å². The van der Waals surface area contributed by atoms with Gasteiger partial charge in [-0.05, 0) is 82.5 Å². The third kappa shape index (κ3) is 15.6. The predicted molar refractivity (Wildman–Crippen MR) is 201 cm³/mol. The summed E-state index contributed by atoms with van der Waals surface area (Å²) in [4.78, 5) is 58.9. The van der Waals surface area contributed by atoms with Crippen LogP contribution in [0.3, 0.4) is 0 Å². The van der Waals surface area contributed by atoms with Gasteiger partial charge in [-0.3, -0.25) is 28.3 Å². The monoisotopic (exact) mass is 864 g/mol. The maximum absolute atomic E-state index is 12.4.